The number of aromatic nitrogens is 3. The first-order valence-corrected chi connectivity index (χ1v) is 3.15. The summed E-state index contributed by atoms with van der Waals surface area (Å²) in [4.78, 5) is 13.4. The van der Waals surface area contributed by atoms with Gasteiger partial charge in [-0.05, 0) is 20.8 Å². The van der Waals surface area contributed by atoms with Gasteiger partial charge in [-0.25, -0.2) is 9.48 Å². The Morgan fingerprint density at radius 3 is 2.40 bits per heavy atom. The monoisotopic (exact) mass is 141 g/mol. The van der Waals surface area contributed by atoms with Crippen LogP contribution in [-0.2, 0) is 5.54 Å². The van der Waals surface area contributed by atoms with Gasteiger partial charge < -0.3 is 0 Å². The SMILES string of the molecule is CC(C)(C)n1nc[nH]c1=O. The Morgan fingerprint density at radius 2 is 2.20 bits per heavy atom. The molecule has 1 rings (SSSR count). The van der Waals surface area contributed by atoms with Crippen molar-refractivity contribution >= 4 is 0 Å². The smallest absolute Gasteiger partial charge is 0.295 e. The number of H-pyrrole nitrogens is 1. The van der Waals surface area contributed by atoms with Gasteiger partial charge in [0.1, 0.15) is 6.33 Å². The average Bonchev–Trinajstić information content (AvgIpc) is 2.11. The molecule has 0 amide bonds. The zero-order chi connectivity index (χ0) is 7.78. The molecule has 4 heteroatoms. The molecule has 0 saturated carbocycles. The van der Waals surface area contributed by atoms with Crippen LogP contribution in [0.15, 0.2) is 11.1 Å². The molecule has 10 heavy (non-hydrogen) atoms. The minimum absolute atomic E-state index is 0.160. The molecule has 0 aromatic carbocycles. The van der Waals surface area contributed by atoms with Crippen molar-refractivity contribution in [1.29, 1.82) is 0 Å². The van der Waals surface area contributed by atoms with Crippen LogP contribution in [-0.4, -0.2) is 14.8 Å². The zero-order valence-electron chi connectivity index (χ0n) is 6.38. The van der Waals surface area contributed by atoms with E-state index in [9.17, 15) is 4.79 Å². The Kier molecular flexibility index (Phi) is 1.39. The number of nitrogens with zero attached hydrogens (tertiary/aromatic N) is 2. The van der Waals surface area contributed by atoms with Gasteiger partial charge in [-0.3, -0.25) is 4.98 Å². The third-order valence-electron chi connectivity index (χ3n) is 1.19. The molecular weight excluding hydrogens is 130 g/mol. The fourth-order valence-corrected chi connectivity index (χ4v) is 0.733. The maximum Gasteiger partial charge on any atom is 0.343 e. The van der Waals surface area contributed by atoms with E-state index < -0.39 is 0 Å². The van der Waals surface area contributed by atoms with Crippen molar-refractivity contribution in [3.8, 4) is 0 Å². The highest BCUT2D eigenvalue weighted by Crippen LogP contribution is 2.06. The highest BCUT2D eigenvalue weighted by atomic mass is 16.2. The molecule has 1 N–H and O–H groups in total. The summed E-state index contributed by atoms with van der Waals surface area (Å²) in [5.74, 6) is 0. The lowest BCUT2D eigenvalue weighted by molar-refractivity contribution is 0.344. The van der Waals surface area contributed by atoms with Crippen LogP contribution in [0.25, 0.3) is 0 Å². The van der Waals surface area contributed by atoms with E-state index in [1.54, 1.807) is 0 Å². The predicted molar refractivity (Wildman–Crippen MR) is 37.8 cm³/mol. The van der Waals surface area contributed by atoms with Crippen molar-refractivity contribution in [2.24, 2.45) is 0 Å². The molecule has 0 aliphatic heterocycles. The summed E-state index contributed by atoms with van der Waals surface area (Å²) in [7, 11) is 0. The first-order valence-electron chi connectivity index (χ1n) is 3.15. The molecule has 4 nitrogen and oxygen atoms in total. The van der Waals surface area contributed by atoms with E-state index in [0.717, 1.165) is 0 Å². The summed E-state index contributed by atoms with van der Waals surface area (Å²) in [6.45, 7) is 5.78. The maximum atomic E-state index is 10.9. The lowest BCUT2D eigenvalue weighted by Gasteiger charge is -2.16. The van der Waals surface area contributed by atoms with Crippen LogP contribution in [0.3, 0.4) is 0 Å². The van der Waals surface area contributed by atoms with E-state index >= 15 is 0 Å². The minimum Gasteiger partial charge on any atom is -0.295 e. The minimum atomic E-state index is -0.225. The summed E-state index contributed by atoms with van der Waals surface area (Å²) in [6.07, 6.45) is 1.40. The molecule has 0 aliphatic carbocycles. The van der Waals surface area contributed by atoms with E-state index in [4.69, 9.17) is 0 Å². The lowest BCUT2D eigenvalue weighted by Crippen LogP contribution is -2.33. The van der Waals surface area contributed by atoms with Gasteiger partial charge in [-0.15, -0.1) is 0 Å². The van der Waals surface area contributed by atoms with Gasteiger partial charge in [0.25, 0.3) is 0 Å². The van der Waals surface area contributed by atoms with Crippen molar-refractivity contribution in [3.05, 3.63) is 16.8 Å². The van der Waals surface area contributed by atoms with E-state index in [1.807, 2.05) is 20.8 Å². The lowest BCUT2D eigenvalue weighted by atomic mass is 10.1. The molecule has 0 atom stereocenters. The van der Waals surface area contributed by atoms with Crippen LogP contribution < -0.4 is 5.69 Å². The summed E-state index contributed by atoms with van der Waals surface area (Å²) in [5, 5.41) is 3.84. The van der Waals surface area contributed by atoms with Crippen LogP contribution in [0, 0.1) is 0 Å². The van der Waals surface area contributed by atoms with E-state index in [1.165, 1.54) is 11.0 Å². The number of hydrogen-bond acceptors (Lipinski definition) is 2. The second kappa shape index (κ2) is 1.97. The number of rotatable bonds is 0. The molecule has 1 aromatic rings. The normalized spacial score (nSPS) is 11.9. The van der Waals surface area contributed by atoms with Gasteiger partial charge >= 0.3 is 5.69 Å². The number of hydrogen-bond donors (Lipinski definition) is 1. The molecule has 1 heterocycles. The number of aromatic amines is 1. The Balaban J connectivity index is 3.18. The van der Waals surface area contributed by atoms with E-state index in [-0.39, 0.29) is 11.2 Å². The molecule has 0 spiro atoms. The summed E-state index contributed by atoms with van der Waals surface area (Å²) in [5.41, 5.74) is -0.385. The topological polar surface area (TPSA) is 50.7 Å². The molecule has 0 unspecified atom stereocenters. The van der Waals surface area contributed by atoms with Gasteiger partial charge in [-0.1, -0.05) is 0 Å². The van der Waals surface area contributed by atoms with Crippen LogP contribution in [0.4, 0.5) is 0 Å². The van der Waals surface area contributed by atoms with Crippen molar-refractivity contribution in [2.45, 2.75) is 26.3 Å². The van der Waals surface area contributed by atoms with Gasteiger partial charge in [0.15, 0.2) is 0 Å². The predicted octanol–water partition coefficient (Wildman–Crippen LogP) is 0.326. The van der Waals surface area contributed by atoms with Gasteiger partial charge in [-0.2, -0.15) is 5.10 Å². The van der Waals surface area contributed by atoms with Crippen LogP contribution in [0.5, 0.6) is 0 Å². The van der Waals surface area contributed by atoms with Crippen molar-refractivity contribution in [1.82, 2.24) is 14.8 Å². The molecule has 1 aromatic heterocycles. The maximum absolute atomic E-state index is 10.9. The van der Waals surface area contributed by atoms with E-state index in [2.05, 4.69) is 10.1 Å². The summed E-state index contributed by atoms with van der Waals surface area (Å²) in [6, 6.07) is 0. The molecule has 0 fully saturated rings. The second-order valence-electron chi connectivity index (χ2n) is 3.18. The standard InChI is InChI=1S/C6H11N3O/c1-6(2,3)9-5(10)7-4-8-9/h4H,1-3H3,(H,7,8,10). The highest BCUT2D eigenvalue weighted by Gasteiger charge is 2.15. The van der Waals surface area contributed by atoms with Crippen LogP contribution in [0.1, 0.15) is 20.8 Å². The van der Waals surface area contributed by atoms with E-state index in [0.29, 0.717) is 0 Å². The fourth-order valence-electron chi connectivity index (χ4n) is 0.733. The molecule has 0 aliphatic rings. The molecule has 0 bridgehead atoms. The third-order valence-corrected chi connectivity index (χ3v) is 1.19. The highest BCUT2D eigenvalue weighted by molar-refractivity contribution is 4.72. The van der Waals surface area contributed by atoms with Gasteiger partial charge in [0.05, 0.1) is 5.54 Å². The quantitative estimate of drug-likeness (QED) is 0.566. The number of nitrogens with one attached hydrogen (secondary N) is 1. The Bertz CT molecular complexity index is 265. The largest absolute Gasteiger partial charge is 0.343 e. The molecule has 0 saturated heterocycles. The average molecular weight is 141 g/mol. The fraction of sp³-hybridized carbons (Fsp3) is 0.667. The Hall–Kier alpha value is -1.06. The second-order valence-corrected chi connectivity index (χ2v) is 3.18. The van der Waals surface area contributed by atoms with Crippen molar-refractivity contribution < 1.29 is 0 Å². The first-order chi connectivity index (χ1) is 4.52. The third kappa shape index (κ3) is 1.10. The van der Waals surface area contributed by atoms with Crippen LogP contribution >= 0.6 is 0 Å². The van der Waals surface area contributed by atoms with Gasteiger partial charge in [0, 0.05) is 0 Å². The van der Waals surface area contributed by atoms with Gasteiger partial charge in [0.2, 0.25) is 0 Å². The Morgan fingerprint density at radius 1 is 1.60 bits per heavy atom. The van der Waals surface area contributed by atoms with Crippen molar-refractivity contribution in [2.75, 3.05) is 0 Å². The molecular formula is C6H11N3O. The Labute approximate surface area is 58.9 Å². The molecule has 0 radical (unpaired) electrons. The summed E-state index contributed by atoms with van der Waals surface area (Å²) < 4.78 is 1.41. The summed E-state index contributed by atoms with van der Waals surface area (Å²) >= 11 is 0. The zero-order valence-corrected chi connectivity index (χ0v) is 6.38. The van der Waals surface area contributed by atoms with Crippen molar-refractivity contribution in [3.63, 3.8) is 0 Å². The first kappa shape index (κ1) is 7.05. The van der Waals surface area contributed by atoms with Crippen LogP contribution in [0.2, 0.25) is 0 Å². The molecule has 56 valence electrons.